The van der Waals surface area contributed by atoms with E-state index in [9.17, 15) is 5.11 Å². The van der Waals surface area contributed by atoms with Crippen LogP contribution >= 0.6 is 0 Å². The zero-order valence-corrected chi connectivity index (χ0v) is 10.5. The normalized spacial score (nSPS) is 44.8. The van der Waals surface area contributed by atoms with Crippen LogP contribution in [-0.2, 0) is 4.74 Å². The zero-order chi connectivity index (χ0) is 11.6. The summed E-state index contributed by atoms with van der Waals surface area (Å²) in [4.78, 5) is 0. The van der Waals surface area contributed by atoms with Gasteiger partial charge in [0.25, 0.3) is 0 Å². The fourth-order valence-corrected chi connectivity index (χ4v) is 3.11. The van der Waals surface area contributed by atoms with Crippen molar-refractivity contribution in [2.45, 2.75) is 75.7 Å². The summed E-state index contributed by atoms with van der Waals surface area (Å²) in [7, 11) is 2.01. The summed E-state index contributed by atoms with van der Waals surface area (Å²) in [6, 6.07) is 0.601. The molecule has 2 unspecified atom stereocenters. The molecule has 0 aromatic heterocycles. The SMILES string of the molecule is CNC1CCC(O)(CC2CCC(C)O2)CC1. The summed E-state index contributed by atoms with van der Waals surface area (Å²) in [6.45, 7) is 2.13. The fourth-order valence-electron chi connectivity index (χ4n) is 3.11. The maximum atomic E-state index is 10.5. The molecule has 94 valence electrons. The van der Waals surface area contributed by atoms with Gasteiger partial charge in [0.15, 0.2) is 0 Å². The summed E-state index contributed by atoms with van der Waals surface area (Å²) in [5.74, 6) is 0. The quantitative estimate of drug-likeness (QED) is 0.773. The van der Waals surface area contributed by atoms with Crippen molar-refractivity contribution in [3.63, 3.8) is 0 Å². The Kier molecular flexibility index (Phi) is 3.88. The number of rotatable bonds is 3. The van der Waals surface area contributed by atoms with Gasteiger partial charge < -0.3 is 15.2 Å². The van der Waals surface area contributed by atoms with Gasteiger partial charge in [-0.1, -0.05) is 0 Å². The van der Waals surface area contributed by atoms with E-state index in [1.807, 2.05) is 7.05 Å². The van der Waals surface area contributed by atoms with Crippen LogP contribution in [0.5, 0.6) is 0 Å². The molecule has 2 fully saturated rings. The van der Waals surface area contributed by atoms with Crippen LogP contribution in [0, 0.1) is 0 Å². The lowest BCUT2D eigenvalue weighted by atomic mass is 9.78. The Morgan fingerprint density at radius 1 is 1.25 bits per heavy atom. The van der Waals surface area contributed by atoms with Crippen LogP contribution < -0.4 is 5.32 Å². The van der Waals surface area contributed by atoms with Crippen molar-refractivity contribution in [3.8, 4) is 0 Å². The van der Waals surface area contributed by atoms with E-state index >= 15 is 0 Å². The van der Waals surface area contributed by atoms with Crippen LogP contribution in [0.4, 0.5) is 0 Å². The summed E-state index contributed by atoms with van der Waals surface area (Å²) < 4.78 is 5.81. The second kappa shape index (κ2) is 5.03. The van der Waals surface area contributed by atoms with Crippen molar-refractivity contribution < 1.29 is 9.84 Å². The highest BCUT2D eigenvalue weighted by atomic mass is 16.5. The minimum absolute atomic E-state index is 0.297. The third-order valence-corrected chi connectivity index (χ3v) is 4.25. The van der Waals surface area contributed by atoms with Gasteiger partial charge in [-0.05, 0) is 52.5 Å². The Morgan fingerprint density at radius 2 is 1.94 bits per heavy atom. The van der Waals surface area contributed by atoms with Gasteiger partial charge in [-0.25, -0.2) is 0 Å². The minimum Gasteiger partial charge on any atom is -0.390 e. The lowest BCUT2D eigenvalue weighted by Gasteiger charge is -2.37. The standard InChI is InChI=1S/C13H25NO2/c1-10-3-4-12(16-10)9-13(15)7-5-11(14-2)6-8-13/h10-12,14-15H,3-9H2,1-2H3. The molecule has 2 rings (SSSR count). The molecule has 0 radical (unpaired) electrons. The van der Waals surface area contributed by atoms with Gasteiger partial charge in [-0.2, -0.15) is 0 Å². The van der Waals surface area contributed by atoms with Gasteiger partial charge in [0.05, 0.1) is 17.8 Å². The number of ether oxygens (including phenoxy) is 1. The molecule has 0 aromatic rings. The van der Waals surface area contributed by atoms with Gasteiger partial charge in [-0.3, -0.25) is 0 Å². The van der Waals surface area contributed by atoms with Crippen molar-refractivity contribution in [1.29, 1.82) is 0 Å². The molecule has 2 aliphatic rings. The lowest BCUT2D eigenvalue weighted by Crippen LogP contribution is -2.42. The van der Waals surface area contributed by atoms with Crippen LogP contribution in [0.2, 0.25) is 0 Å². The van der Waals surface area contributed by atoms with Crippen LogP contribution in [0.1, 0.15) is 51.9 Å². The number of hydrogen-bond donors (Lipinski definition) is 2. The first-order valence-electron chi connectivity index (χ1n) is 6.66. The van der Waals surface area contributed by atoms with Gasteiger partial charge >= 0.3 is 0 Å². The van der Waals surface area contributed by atoms with Crippen molar-refractivity contribution >= 4 is 0 Å². The second-order valence-corrected chi connectivity index (χ2v) is 5.64. The first-order chi connectivity index (χ1) is 7.61. The van der Waals surface area contributed by atoms with Crippen LogP contribution in [0.15, 0.2) is 0 Å². The summed E-state index contributed by atoms with van der Waals surface area (Å²) >= 11 is 0. The molecule has 0 aromatic carbocycles. The lowest BCUT2D eigenvalue weighted by molar-refractivity contribution is -0.0574. The van der Waals surface area contributed by atoms with Crippen molar-refractivity contribution in [2.24, 2.45) is 0 Å². The number of nitrogens with one attached hydrogen (secondary N) is 1. The largest absolute Gasteiger partial charge is 0.390 e. The van der Waals surface area contributed by atoms with E-state index in [4.69, 9.17) is 4.74 Å². The fraction of sp³-hybridized carbons (Fsp3) is 1.00. The minimum atomic E-state index is -0.456. The highest BCUT2D eigenvalue weighted by Crippen LogP contribution is 2.35. The molecule has 3 heteroatoms. The first-order valence-corrected chi connectivity index (χ1v) is 6.66. The van der Waals surface area contributed by atoms with E-state index in [0.717, 1.165) is 44.9 Å². The third-order valence-electron chi connectivity index (χ3n) is 4.25. The average molecular weight is 227 g/mol. The molecule has 2 N–H and O–H groups in total. The summed E-state index contributed by atoms with van der Waals surface area (Å²) in [5, 5.41) is 13.8. The molecular formula is C13H25NO2. The van der Waals surface area contributed by atoms with Crippen LogP contribution in [0.3, 0.4) is 0 Å². The Morgan fingerprint density at radius 3 is 2.44 bits per heavy atom. The van der Waals surface area contributed by atoms with Gasteiger partial charge in [0, 0.05) is 12.5 Å². The molecule has 0 bridgehead atoms. The maximum Gasteiger partial charge on any atom is 0.0673 e. The maximum absolute atomic E-state index is 10.5. The van der Waals surface area contributed by atoms with E-state index in [0.29, 0.717) is 18.2 Å². The molecule has 0 spiro atoms. The molecule has 1 heterocycles. The Balaban J connectivity index is 1.80. The molecule has 1 saturated heterocycles. The Hall–Kier alpha value is -0.120. The molecule has 3 nitrogen and oxygen atoms in total. The molecule has 1 saturated carbocycles. The van der Waals surface area contributed by atoms with Gasteiger partial charge in [0.2, 0.25) is 0 Å². The molecule has 1 aliphatic heterocycles. The van der Waals surface area contributed by atoms with E-state index in [1.165, 1.54) is 0 Å². The summed E-state index contributed by atoms with van der Waals surface area (Å²) in [5.41, 5.74) is -0.456. The monoisotopic (exact) mass is 227 g/mol. The zero-order valence-electron chi connectivity index (χ0n) is 10.5. The smallest absolute Gasteiger partial charge is 0.0673 e. The average Bonchev–Trinajstić information content (AvgIpc) is 2.64. The summed E-state index contributed by atoms with van der Waals surface area (Å²) in [6.07, 6.45) is 7.84. The molecule has 0 amide bonds. The molecule has 2 atom stereocenters. The number of hydrogen-bond acceptors (Lipinski definition) is 3. The third kappa shape index (κ3) is 2.96. The second-order valence-electron chi connectivity index (χ2n) is 5.64. The van der Waals surface area contributed by atoms with Crippen LogP contribution in [-0.4, -0.2) is 36.0 Å². The first kappa shape index (κ1) is 12.3. The van der Waals surface area contributed by atoms with E-state index in [1.54, 1.807) is 0 Å². The van der Waals surface area contributed by atoms with Gasteiger partial charge in [0.1, 0.15) is 0 Å². The predicted octanol–water partition coefficient (Wildman–Crippen LogP) is 1.84. The highest BCUT2D eigenvalue weighted by molar-refractivity contribution is 4.90. The predicted molar refractivity (Wildman–Crippen MR) is 64.5 cm³/mol. The Bertz CT molecular complexity index is 224. The van der Waals surface area contributed by atoms with E-state index < -0.39 is 5.60 Å². The van der Waals surface area contributed by atoms with Crippen molar-refractivity contribution in [3.05, 3.63) is 0 Å². The van der Waals surface area contributed by atoms with Crippen LogP contribution in [0.25, 0.3) is 0 Å². The number of aliphatic hydroxyl groups is 1. The molecular weight excluding hydrogens is 202 g/mol. The Labute approximate surface area is 98.6 Å². The van der Waals surface area contributed by atoms with E-state index in [2.05, 4.69) is 12.2 Å². The van der Waals surface area contributed by atoms with Crippen molar-refractivity contribution in [2.75, 3.05) is 7.05 Å². The van der Waals surface area contributed by atoms with Crippen molar-refractivity contribution in [1.82, 2.24) is 5.32 Å². The highest BCUT2D eigenvalue weighted by Gasteiger charge is 2.37. The molecule has 16 heavy (non-hydrogen) atoms. The van der Waals surface area contributed by atoms with Gasteiger partial charge in [-0.15, -0.1) is 0 Å². The van der Waals surface area contributed by atoms with E-state index in [-0.39, 0.29) is 0 Å². The topological polar surface area (TPSA) is 41.5 Å². The molecule has 1 aliphatic carbocycles.